The minimum absolute atomic E-state index is 0.0282. The number of nitrogens with two attached hydrogens (primary N) is 1. The molecule has 0 radical (unpaired) electrons. The number of hydrogen-bond acceptors (Lipinski definition) is 3. The van der Waals surface area contributed by atoms with Gasteiger partial charge in [0.25, 0.3) is 5.91 Å². The Balaban J connectivity index is 2.35. The second kappa shape index (κ2) is 6.16. The maximum Gasteiger partial charge on any atom is 0.258 e. The van der Waals surface area contributed by atoms with E-state index in [0.29, 0.717) is 23.6 Å². The van der Waals surface area contributed by atoms with E-state index in [-0.39, 0.29) is 18.0 Å². The highest BCUT2D eigenvalue weighted by Crippen LogP contribution is 2.31. The highest BCUT2D eigenvalue weighted by molar-refractivity contribution is 5.99. The van der Waals surface area contributed by atoms with Crippen LogP contribution >= 0.6 is 0 Å². The van der Waals surface area contributed by atoms with Crippen molar-refractivity contribution in [3.05, 3.63) is 23.8 Å². The Morgan fingerprint density at radius 2 is 2.00 bits per heavy atom. The van der Waals surface area contributed by atoms with Gasteiger partial charge < -0.3 is 15.4 Å². The number of carbonyl (C=O) groups is 1. The smallest absolute Gasteiger partial charge is 0.258 e. The van der Waals surface area contributed by atoms with Crippen molar-refractivity contribution in [3.8, 4) is 5.75 Å². The fraction of sp³-hybridized carbons (Fsp3) is 0.562. The molecule has 4 nitrogen and oxygen atoms in total. The van der Waals surface area contributed by atoms with E-state index >= 15 is 0 Å². The quantitative estimate of drug-likeness (QED) is 0.863. The average Bonchev–Trinajstić information content (AvgIpc) is 2.41. The Kier molecular flexibility index (Phi) is 4.53. The summed E-state index contributed by atoms with van der Waals surface area (Å²) in [5, 5.41) is 0. The lowest BCUT2D eigenvalue weighted by Gasteiger charge is -2.39. The first-order chi connectivity index (χ1) is 9.56. The molecule has 1 saturated heterocycles. The summed E-state index contributed by atoms with van der Waals surface area (Å²) >= 11 is 0. The molecule has 1 aromatic rings. The van der Waals surface area contributed by atoms with E-state index in [1.54, 1.807) is 12.1 Å². The molecule has 0 bridgehead atoms. The van der Waals surface area contributed by atoms with Gasteiger partial charge in [-0.15, -0.1) is 0 Å². The minimum atomic E-state index is 0.0282. The van der Waals surface area contributed by atoms with Gasteiger partial charge >= 0.3 is 0 Å². The zero-order chi connectivity index (χ0) is 14.7. The van der Waals surface area contributed by atoms with Crippen molar-refractivity contribution in [2.24, 2.45) is 0 Å². The van der Waals surface area contributed by atoms with Crippen LogP contribution in [0.3, 0.4) is 0 Å². The molecule has 2 N–H and O–H groups in total. The molecule has 0 aromatic heterocycles. The normalized spacial score (nSPS) is 22.6. The topological polar surface area (TPSA) is 55.6 Å². The Morgan fingerprint density at radius 1 is 1.35 bits per heavy atom. The van der Waals surface area contributed by atoms with Crippen LogP contribution in [-0.2, 0) is 0 Å². The number of amides is 1. The summed E-state index contributed by atoms with van der Waals surface area (Å²) in [6.45, 7) is 6.62. The summed E-state index contributed by atoms with van der Waals surface area (Å²) in [5.74, 6) is 0.547. The molecule has 0 spiro atoms. The third-order valence-electron chi connectivity index (χ3n) is 3.99. The molecule has 2 atom stereocenters. The molecule has 1 aliphatic heterocycles. The number of benzene rings is 1. The van der Waals surface area contributed by atoms with Crippen LogP contribution in [0.5, 0.6) is 5.75 Å². The lowest BCUT2D eigenvalue weighted by Crippen LogP contribution is -2.47. The van der Waals surface area contributed by atoms with E-state index in [0.717, 1.165) is 12.8 Å². The molecule has 110 valence electrons. The SMILES string of the molecule is CCOc1c(N)cccc1C(=O)N1C(C)CCCC1C. The van der Waals surface area contributed by atoms with Crippen LogP contribution in [0, 0.1) is 0 Å². The fourth-order valence-corrected chi connectivity index (χ4v) is 2.99. The molecule has 1 fully saturated rings. The van der Waals surface area contributed by atoms with E-state index in [9.17, 15) is 4.79 Å². The average molecular weight is 276 g/mol. The first-order valence-electron chi connectivity index (χ1n) is 7.40. The summed E-state index contributed by atoms with van der Waals surface area (Å²) in [7, 11) is 0. The summed E-state index contributed by atoms with van der Waals surface area (Å²) in [4.78, 5) is 14.8. The van der Waals surface area contributed by atoms with Crippen LogP contribution < -0.4 is 10.5 Å². The third-order valence-corrected chi connectivity index (χ3v) is 3.99. The maximum absolute atomic E-state index is 12.9. The maximum atomic E-state index is 12.9. The van der Waals surface area contributed by atoms with E-state index in [4.69, 9.17) is 10.5 Å². The van der Waals surface area contributed by atoms with Crippen molar-refractivity contribution < 1.29 is 9.53 Å². The van der Waals surface area contributed by atoms with Crippen LogP contribution in [0.4, 0.5) is 5.69 Å². The van der Waals surface area contributed by atoms with Gasteiger partial charge in [0, 0.05) is 12.1 Å². The van der Waals surface area contributed by atoms with Gasteiger partial charge in [0.2, 0.25) is 0 Å². The van der Waals surface area contributed by atoms with Gasteiger partial charge in [-0.1, -0.05) is 6.07 Å². The zero-order valence-electron chi connectivity index (χ0n) is 12.6. The van der Waals surface area contributed by atoms with Crippen molar-refractivity contribution in [1.29, 1.82) is 0 Å². The molecule has 20 heavy (non-hydrogen) atoms. The lowest BCUT2D eigenvalue weighted by atomic mass is 9.96. The molecule has 1 amide bonds. The standard InChI is InChI=1S/C16H24N2O2/c1-4-20-15-13(9-6-10-14(15)17)16(19)18-11(2)7-5-8-12(18)3/h6,9-12H,4-5,7-8,17H2,1-3H3. The number of para-hydroxylation sites is 1. The predicted octanol–water partition coefficient (Wildman–Crippen LogP) is 3.07. The van der Waals surface area contributed by atoms with Crippen molar-refractivity contribution >= 4 is 11.6 Å². The fourth-order valence-electron chi connectivity index (χ4n) is 2.99. The monoisotopic (exact) mass is 276 g/mol. The molecule has 0 aliphatic carbocycles. The largest absolute Gasteiger partial charge is 0.491 e. The number of hydrogen-bond donors (Lipinski definition) is 1. The van der Waals surface area contributed by atoms with Crippen molar-refractivity contribution in [3.63, 3.8) is 0 Å². The Bertz CT molecular complexity index is 477. The summed E-state index contributed by atoms with van der Waals surface area (Å²) in [5.41, 5.74) is 7.05. The molecule has 1 heterocycles. The van der Waals surface area contributed by atoms with E-state index < -0.39 is 0 Å². The van der Waals surface area contributed by atoms with Crippen LogP contribution in [0.15, 0.2) is 18.2 Å². The van der Waals surface area contributed by atoms with Gasteiger partial charge in [0.1, 0.15) is 0 Å². The number of carbonyl (C=O) groups excluding carboxylic acids is 1. The number of rotatable bonds is 3. The Labute approximate surface area is 120 Å². The Hall–Kier alpha value is -1.71. The molecule has 4 heteroatoms. The second-order valence-electron chi connectivity index (χ2n) is 5.50. The molecular formula is C16H24N2O2. The minimum Gasteiger partial charge on any atom is -0.491 e. The number of anilines is 1. The van der Waals surface area contributed by atoms with E-state index in [1.807, 2.05) is 17.9 Å². The van der Waals surface area contributed by atoms with Gasteiger partial charge in [0.15, 0.2) is 5.75 Å². The molecular weight excluding hydrogens is 252 g/mol. The highest BCUT2D eigenvalue weighted by Gasteiger charge is 2.31. The molecule has 0 saturated carbocycles. The van der Waals surface area contributed by atoms with Gasteiger partial charge in [-0.05, 0) is 52.2 Å². The van der Waals surface area contributed by atoms with Crippen molar-refractivity contribution in [2.75, 3.05) is 12.3 Å². The van der Waals surface area contributed by atoms with Crippen LogP contribution in [-0.4, -0.2) is 29.5 Å². The molecule has 1 aliphatic rings. The number of piperidine rings is 1. The van der Waals surface area contributed by atoms with Crippen molar-refractivity contribution in [2.45, 2.75) is 52.1 Å². The van der Waals surface area contributed by atoms with Crippen LogP contribution in [0.1, 0.15) is 50.4 Å². The van der Waals surface area contributed by atoms with E-state index in [1.165, 1.54) is 6.42 Å². The van der Waals surface area contributed by atoms with Crippen LogP contribution in [0.2, 0.25) is 0 Å². The Morgan fingerprint density at radius 3 is 2.60 bits per heavy atom. The predicted molar refractivity (Wildman–Crippen MR) is 81.0 cm³/mol. The van der Waals surface area contributed by atoms with Gasteiger partial charge in [-0.25, -0.2) is 0 Å². The number of nitrogen functional groups attached to an aromatic ring is 1. The van der Waals surface area contributed by atoms with Crippen molar-refractivity contribution in [1.82, 2.24) is 4.90 Å². The summed E-state index contributed by atoms with van der Waals surface area (Å²) < 4.78 is 5.58. The first-order valence-corrected chi connectivity index (χ1v) is 7.40. The molecule has 1 aromatic carbocycles. The molecule has 2 rings (SSSR count). The van der Waals surface area contributed by atoms with E-state index in [2.05, 4.69) is 13.8 Å². The lowest BCUT2D eigenvalue weighted by molar-refractivity contribution is 0.0507. The summed E-state index contributed by atoms with van der Waals surface area (Å²) in [6, 6.07) is 5.91. The number of likely N-dealkylation sites (tertiary alicyclic amines) is 1. The summed E-state index contributed by atoms with van der Waals surface area (Å²) in [6.07, 6.45) is 3.30. The van der Waals surface area contributed by atoms with Gasteiger partial charge in [-0.3, -0.25) is 4.79 Å². The van der Waals surface area contributed by atoms with Gasteiger partial charge in [0.05, 0.1) is 17.9 Å². The molecule has 2 unspecified atom stereocenters. The highest BCUT2D eigenvalue weighted by atomic mass is 16.5. The zero-order valence-corrected chi connectivity index (χ0v) is 12.6. The van der Waals surface area contributed by atoms with Crippen LogP contribution in [0.25, 0.3) is 0 Å². The first kappa shape index (κ1) is 14.7. The third kappa shape index (κ3) is 2.74. The second-order valence-corrected chi connectivity index (χ2v) is 5.50. The van der Waals surface area contributed by atoms with Gasteiger partial charge in [-0.2, -0.15) is 0 Å². The number of nitrogens with zero attached hydrogens (tertiary/aromatic N) is 1. The number of ether oxygens (including phenoxy) is 1.